The number of ether oxygens (including phenoxy) is 1. The molecule has 0 amide bonds. The average Bonchev–Trinajstić information content (AvgIpc) is 2.77. The van der Waals surface area contributed by atoms with Crippen molar-refractivity contribution in [3.05, 3.63) is 102 Å². The van der Waals surface area contributed by atoms with Gasteiger partial charge in [-0.15, -0.1) is 0 Å². The van der Waals surface area contributed by atoms with E-state index in [-0.39, 0.29) is 5.60 Å². The van der Waals surface area contributed by atoms with Gasteiger partial charge in [-0.1, -0.05) is 78.9 Å². The Hall–Kier alpha value is -2.58. The molecular weight excluding hydrogens is 342 g/mol. The third-order valence-corrected chi connectivity index (χ3v) is 5.80. The summed E-state index contributed by atoms with van der Waals surface area (Å²) in [5.41, 5.74) is 2.51. The third kappa shape index (κ3) is 4.63. The van der Waals surface area contributed by atoms with Crippen LogP contribution in [0.5, 0.6) is 5.75 Å². The van der Waals surface area contributed by atoms with Crippen LogP contribution >= 0.6 is 0 Å². The van der Waals surface area contributed by atoms with Crippen LogP contribution in [0, 0.1) is 0 Å². The summed E-state index contributed by atoms with van der Waals surface area (Å²) in [4.78, 5) is 2.60. The number of para-hydroxylation sites is 1. The summed E-state index contributed by atoms with van der Waals surface area (Å²) in [6, 6.07) is 31.8. The Morgan fingerprint density at radius 2 is 1.29 bits per heavy atom. The fraction of sp³-hybridized carbons (Fsp3) is 0.308. The molecule has 0 unspecified atom stereocenters. The van der Waals surface area contributed by atoms with Crippen molar-refractivity contribution in [2.75, 3.05) is 19.6 Å². The highest BCUT2D eigenvalue weighted by molar-refractivity contribution is 5.28. The molecule has 144 valence electrons. The van der Waals surface area contributed by atoms with E-state index in [0.717, 1.165) is 44.6 Å². The summed E-state index contributed by atoms with van der Waals surface area (Å²) < 4.78 is 6.62. The first-order chi connectivity index (χ1) is 13.8. The predicted octanol–water partition coefficient (Wildman–Crippen LogP) is 5.69. The first-order valence-corrected chi connectivity index (χ1v) is 10.4. The molecule has 1 heterocycles. The van der Waals surface area contributed by atoms with Crippen molar-refractivity contribution in [3.63, 3.8) is 0 Å². The molecule has 2 heteroatoms. The molecule has 1 fully saturated rings. The molecular formula is C26H29NO. The Morgan fingerprint density at radius 1 is 0.714 bits per heavy atom. The zero-order valence-electron chi connectivity index (χ0n) is 16.5. The van der Waals surface area contributed by atoms with Crippen molar-refractivity contribution >= 4 is 0 Å². The van der Waals surface area contributed by atoms with Gasteiger partial charge in [0.1, 0.15) is 11.4 Å². The largest absolute Gasteiger partial charge is 0.482 e. The smallest absolute Gasteiger partial charge is 0.136 e. The van der Waals surface area contributed by atoms with Crippen molar-refractivity contribution in [1.29, 1.82) is 0 Å². The van der Waals surface area contributed by atoms with Crippen LogP contribution in [0.1, 0.15) is 30.4 Å². The minimum absolute atomic E-state index is 0.224. The lowest BCUT2D eigenvalue weighted by Gasteiger charge is -2.42. The van der Waals surface area contributed by atoms with Crippen LogP contribution in [0.2, 0.25) is 0 Å². The number of likely N-dealkylation sites (tertiary alicyclic amines) is 1. The number of benzene rings is 3. The third-order valence-electron chi connectivity index (χ3n) is 5.80. The van der Waals surface area contributed by atoms with Crippen molar-refractivity contribution < 1.29 is 4.74 Å². The maximum absolute atomic E-state index is 6.62. The molecule has 0 bridgehead atoms. The molecule has 2 nitrogen and oxygen atoms in total. The molecule has 28 heavy (non-hydrogen) atoms. The van der Waals surface area contributed by atoms with E-state index < -0.39 is 0 Å². The Bertz CT molecular complexity index is 824. The summed E-state index contributed by atoms with van der Waals surface area (Å²) in [5.74, 6) is 0.962. The highest BCUT2D eigenvalue weighted by atomic mass is 16.5. The topological polar surface area (TPSA) is 12.5 Å². The highest BCUT2D eigenvalue weighted by Crippen LogP contribution is 2.37. The number of hydrogen-bond acceptors (Lipinski definition) is 2. The van der Waals surface area contributed by atoms with E-state index in [1.165, 1.54) is 17.5 Å². The quantitative estimate of drug-likeness (QED) is 0.529. The SMILES string of the molecule is c1ccc(CCCN2CCC(Oc3ccccc3)(c3ccccc3)CC2)cc1. The number of nitrogens with zero attached hydrogens (tertiary/aromatic N) is 1. The minimum atomic E-state index is -0.224. The lowest BCUT2D eigenvalue weighted by molar-refractivity contribution is -0.00297. The molecule has 0 aliphatic carbocycles. The fourth-order valence-electron chi connectivity index (χ4n) is 4.19. The van der Waals surface area contributed by atoms with Gasteiger partial charge in [-0.2, -0.15) is 0 Å². The van der Waals surface area contributed by atoms with E-state index in [1.807, 2.05) is 18.2 Å². The van der Waals surface area contributed by atoms with Gasteiger partial charge in [-0.3, -0.25) is 0 Å². The van der Waals surface area contributed by atoms with Gasteiger partial charge in [0.25, 0.3) is 0 Å². The summed E-state index contributed by atoms with van der Waals surface area (Å²) in [6.07, 6.45) is 4.41. The second kappa shape index (κ2) is 9.07. The molecule has 3 aromatic rings. The molecule has 4 rings (SSSR count). The fourth-order valence-corrected chi connectivity index (χ4v) is 4.19. The molecule has 1 saturated heterocycles. The van der Waals surface area contributed by atoms with E-state index in [4.69, 9.17) is 4.74 Å². The average molecular weight is 372 g/mol. The van der Waals surface area contributed by atoms with E-state index in [2.05, 4.69) is 77.7 Å². The van der Waals surface area contributed by atoms with E-state index >= 15 is 0 Å². The Balaban J connectivity index is 1.39. The van der Waals surface area contributed by atoms with Crippen LogP contribution in [0.15, 0.2) is 91.0 Å². The Morgan fingerprint density at radius 3 is 1.93 bits per heavy atom. The van der Waals surface area contributed by atoms with Gasteiger partial charge in [0.05, 0.1) is 0 Å². The zero-order chi connectivity index (χ0) is 19.1. The predicted molar refractivity (Wildman–Crippen MR) is 116 cm³/mol. The van der Waals surface area contributed by atoms with Crippen LogP contribution < -0.4 is 4.74 Å². The van der Waals surface area contributed by atoms with Crippen LogP contribution in [-0.4, -0.2) is 24.5 Å². The molecule has 3 aromatic carbocycles. The molecule has 0 atom stereocenters. The molecule has 0 saturated carbocycles. The van der Waals surface area contributed by atoms with E-state index in [9.17, 15) is 0 Å². The molecule has 1 aliphatic rings. The van der Waals surface area contributed by atoms with Gasteiger partial charge in [-0.25, -0.2) is 0 Å². The van der Waals surface area contributed by atoms with Crippen LogP contribution in [0.25, 0.3) is 0 Å². The van der Waals surface area contributed by atoms with Gasteiger partial charge in [0.15, 0.2) is 0 Å². The highest BCUT2D eigenvalue weighted by Gasteiger charge is 2.38. The normalized spacial score (nSPS) is 16.6. The number of hydrogen-bond donors (Lipinski definition) is 0. The number of aryl methyl sites for hydroxylation is 1. The van der Waals surface area contributed by atoms with Gasteiger partial charge in [0.2, 0.25) is 0 Å². The maximum atomic E-state index is 6.62. The minimum Gasteiger partial charge on any atom is -0.482 e. The molecule has 0 aromatic heterocycles. The second-order valence-corrected chi connectivity index (χ2v) is 7.71. The second-order valence-electron chi connectivity index (χ2n) is 7.71. The molecule has 0 spiro atoms. The van der Waals surface area contributed by atoms with Crippen molar-refractivity contribution in [1.82, 2.24) is 4.90 Å². The van der Waals surface area contributed by atoms with Crippen LogP contribution in [-0.2, 0) is 12.0 Å². The van der Waals surface area contributed by atoms with Crippen molar-refractivity contribution in [2.24, 2.45) is 0 Å². The number of piperidine rings is 1. The van der Waals surface area contributed by atoms with E-state index in [1.54, 1.807) is 0 Å². The monoisotopic (exact) mass is 371 g/mol. The lowest BCUT2D eigenvalue weighted by atomic mass is 9.84. The van der Waals surface area contributed by atoms with Gasteiger partial charge >= 0.3 is 0 Å². The lowest BCUT2D eigenvalue weighted by Crippen LogP contribution is -2.46. The van der Waals surface area contributed by atoms with Crippen molar-refractivity contribution in [3.8, 4) is 5.75 Å². The van der Waals surface area contributed by atoms with Crippen LogP contribution in [0.3, 0.4) is 0 Å². The van der Waals surface area contributed by atoms with Gasteiger partial charge in [-0.05, 0) is 42.6 Å². The Labute approximate surface area is 168 Å². The van der Waals surface area contributed by atoms with Crippen molar-refractivity contribution in [2.45, 2.75) is 31.3 Å². The first kappa shape index (κ1) is 18.8. The van der Waals surface area contributed by atoms with E-state index in [0.29, 0.717) is 0 Å². The summed E-state index contributed by atoms with van der Waals surface area (Å²) in [7, 11) is 0. The standard InChI is InChI=1S/C26H29NO/c1-4-11-23(12-5-1)13-10-20-27-21-18-26(19-22-27,24-14-6-2-7-15-24)28-25-16-8-3-9-17-25/h1-9,11-12,14-17H,10,13,18-22H2. The van der Waals surface area contributed by atoms with Gasteiger partial charge in [0, 0.05) is 25.9 Å². The number of rotatable bonds is 7. The van der Waals surface area contributed by atoms with Gasteiger partial charge < -0.3 is 9.64 Å². The van der Waals surface area contributed by atoms with Crippen LogP contribution in [0.4, 0.5) is 0 Å². The Kier molecular flexibility index (Phi) is 6.08. The molecule has 1 aliphatic heterocycles. The maximum Gasteiger partial charge on any atom is 0.136 e. The summed E-state index contributed by atoms with van der Waals surface area (Å²) in [5, 5.41) is 0. The molecule has 0 N–H and O–H groups in total. The zero-order valence-corrected chi connectivity index (χ0v) is 16.5. The summed E-state index contributed by atoms with van der Waals surface area (Å²) in [6.45, 7) is 3.32. The summed E-state index contributed by atoms with van der Waals surface area (Å²) >= 11 is 0. The molecule has 0 radical (unpaired) electrons. The first-order valence-electron chi connectivity index (χ1n) is 10.4.